The van der Waals surface area contributed by atoms with Crippen molar-refractivity contribution in [1.82, 2.24) is 25.7 Å². The standard InChI is InChI=1S/C20H27N5O4/c1-14(19(27)21-7-4-8-25-9-11-29-12-10-25)22-18(26)13-17-15-5-2-3-6-16(15)20(28)24-23-17/h2-3,5-6,14H,4,7-13H2,1H3,(H,21,27)(H,22,26)(H,24,28). The lowest BCUT2D eigenvalue weighted by molar-refractivity contribution is -0.128. The summed E-state index contributed by atoms with van der Waals surface area (Å²) >= 11 is 0. The Labute approximate surface area is 168 Å². The number of fused-ring (bicyclic) bond motifs is 1. The highest BCUT2D eigenvalue weighted by atomic mass is 16.5. The van der Waals surface area contributed by atoms with Crippen LogP contribution in [0.4, 0.5) is 0 Å². The van der Waals surface area contributed by atoms with Crippen LogP contribution in [0.5, 0.6) is 0 Å². The average molecular weight is 401 g/mol. The lowest BCUT2D eigenvalue weighted by Gasteiger charge is -2.26. The third kappa shape index (κ3) is 5.85. The number of morpholine rings is 1. The van der Waals surface area contributed by atoms with E-state index in [1.165, 1.54) is 0 Å². The summed E-state index contributed by atoms with van der Waals surface area (Å²) in [5, 5.41) is 13.1. The Bertz CT molecular complexity index is 907. The number of benzene rings is 1. The molecule has 3 N–H and O–H groups in total. The third-order valence-corrected chi connectivity index (χ3v) is 4.93. The van der Waals surface area contributed by atoms with Gasteiger partial charge in [-0.2, -0.15) is 5.10 Å². The van der Waals surface area contributed by atoms with Gasteiger partial charge < -0.3 is 15.4 Å². The first kappa shape index (κ1) is 20.9. The van der Waals surface area contributed by atoms with Crippen molar-refractivity contribution in [3.8, 4) is 0 Å². The first-order chi connectivity index (χ1) is 14.0. The zero-order valence-corrected chi connectivity index (χ0v) is 16.6. The van der Waals surface area contributed by atoms with E-state index in [0.29, 0.717) is 23.0 Å². The van der Waals surface area contributed by atoms with E-state index < -0.39 is 6.04 Å². The van der Waals surface area contributed by atoms with Gasteiger partial charge in [-0.3, -0.25) is 19.3 Å². The SMILES string of the molecule is CC(NC(=O)Cc1n[nH]c(=O)c2ccccc12)C(=O)NCCCN1CCOCC1. The number of rotatable bonds is 8. The fourth-order valence-corrected chi connectivity index (χ4v) is 3.31. The highest BCUT2D eigenvalue weighted by Gasteiger charge is 2.17. The second-order valence-corrected chi connectivity index (χ2v) is 7.11. The highest BCUT2D eigenvalue weighted by molar-refractivity contribution is 5.91. The first-order valence-electron chi connectivity index (χ1n) is 9.88. The van der Waals surface area contributed by atoms with Crippen LogP contribution < -0.4 is 16.2 Å². The molecular weight excluding hydrogens is 374 g/mol. The van der Waals surface area contributed by atoms with Crippen LogP contribution in [-0.2, 0) is 20.7 Å². The third-order valence-electron chi connectivity index (χ3n) is 4.93. The van der Waals surface area contributed by atoms with Crippen LogP contribution in [0.3, 0.4) is 0 Å². The molecule has 0 bridgehead atoms. The van der Waals surface area contributed by atoms with Gasteiger partial charge in [-0.15, -0.1) is 0 Å². The lowest BCUT2D eigenvalue weighted by atomic mass is 10.1. The summed E-state index contributed by atoms with van der Waals surface area (Å²) in [5.41, 5.74) is 0.172. The van der Waals surface area contributed by atoms with Crippen LogP contribution >= 0.6 is 0 Å². The van der Waals surface area contributed by atoms with Crippen LogP contribution in [0.1, 0.15) is 19.0 Å². The normalized spacial score (nSPS) is 15.8. The second-order valence-electron chi connectivity index (χ2n) is 7.11. The molecule has 2 aromatic rings. The molecule has 1 aliphatic rings. The molecule has 3 rings (SSSR count). The summed E-state index contributed by atoms with van der Waals surface area (Å²) in [7, 11) is 0. The number of carbonyl (C=O) groups excluding carboxylic acids is 2. The Balaban J connectivity index is 1.44. The van der Waals surface area contributed by atoms with E-state index in [1.807, 2.05) is 0 Å². The van der Waals surface area contributed by atoms with Gasteiger partial charge in [-0.05, 0) is 26.0 Å². The maximum absolute atomic E-state index is 12.4. The molecule has 0 radical (unpaired) electrons. The van der Waals surface area contributed by atoms with Gasteiger partial charge in [0.2, 0.25) is 11.8 Å². The molecule has 9 nitrogen and oxygen atoms in total. The van der Waals surface area contributed by atoms with Crippen molar-refractivity contribution in [1.29, 1.82) is 0 Å². The Morgan fingerprint density at radius 2 is 1.97 bits per heavy atom. The number of aromatic nitrogens is 2. The Morgan fingerprint density at radius 1 is 1.24 bits per heavy atom. The maximum atomic E-state index is 12.4. The fraction of sp³-hybridized carbons (Fsp3) is 0.500. The largest absolute Gasteiger partial charge is 0.379 e. The van der Waals surface area contributed by atoms with Crippen molar-refractivity contribution >= 4 is 22.6 Å². The molecule has 29 heavy (non-hydrogen) atoms. The van der Waals surface area contributed by atoms with Gasteiger partial charge in [-0.1, -0.05) is 18.2 Å². The molecule has 1 aromatic heterocycles. The number of nitrogens with zero attached hydrogens (tertiary/aromatic N) is 2. The summed E-state index contributed by atoms with van der Waals surface area (Å²) < 4.78 is 5.31. The number of nitrogens with one attached hydrogen (secondary N) is 3. The lowest BCUT2D eigenvalue weighted by Crippen LogP contribution is -2.46. The van der Waals surface area contributed by atoms with Crippen LogP contribution in [0.15, 0.2) is 29.1 Å². The molecule has 2 amide bonds. The molecule has 1 aliphatic heterocycles. The number of aromatic amines is 1. The number of hydrogen-bond acceptors (Lipinski definition) is 6. The number of ether oxygens (including phenoxy) is 1. The van der Waals surface area contributed by atoms with E-state index in [-0.39, 0.29) is 23.8 Å². The molecule has 156 valence electrons. The topological polar surface area (TPSA) is 116 Å². The van der Waals surface area contributed by atoms with Crippen molar-refractivity contribution in [2.45, 2.75) is 25.8 Å². The zero-order valence-electron chi connectivity index (χ0n) is 16.6. The predicted octanol–water partition coefficient (Wildman–Crippen LogP) is -0.191. The molecule has 0 spiro atoms. The van der Waals surface area contributed by atoms with Crippen LogP contribution in [0.2, 0.25) is 0 Å². The number of hydrogen-bond donors (Lipinski definition) is 3. The van der Waals surface area contributed by atoms with E-state index in [4.69, 9.17) is 4.74 Å². The summed E-state index contributed by atoms with van der Waals surface area (Å²) in [6.45, 7) is 6.48. The molecule has 0 aliphatic carbocycles. The summed E-state index contributed by atoms with van der Waals surface area (Å²) in [5.74, 6) is -0.551. The predicted molar refractivity (Wildman–Crippen MR) is 109 cm³/mol. The minimum atomic E-state index is -0.653. The van der Waals surface area contributed by atoms with Gasteiger partial charge >= 0.3 is 0 Å². The minimum absolute atomic E-state index is 0.0219. The Morgan fingerprint density at radius 3 is 2.72 bits per heavy atom. The van der Waals surface area contributed by atoms with E-state index in [2.05, 4.69) is 25.7 Å². The first-order valence-corrected chi connectivity index (χ1v) is 9.88. The van der Waals surface area contributed by atoms with Gasteiger partial charge in [0.1, 0.15) is 6.04 Å². The Kier molecular flexibility index (Phi) is 7.31. The van der Waals surface area contributed by atoms with Crippen molar-refractivity contribution < 1.29 is 14.3 Å². The number of amides is 2. The van der Waals surface area contributed by atoms with E-state index in [9.17, 15) is 14.4 Å². The fourth-order valence-electron chi connectivity index (χ4n) is 3.31. The Hall–Kier alpha value is -2.78. The van der Waals surface area contributed by atoms with E-state index in [0.717, 1.165) is 39.3 Å². The summed E-state index contributed by atoms with van der Waals surface area (Å²) in [6.07, 6.45) is 0.825. The van der Waals surface area contributed by atoms with Gasteiger partial charge in [0.05, 0.1) is 30.7 Å². The average Bonchev–Trinajstić information content (AvgIpc) is 2.74. The number of H-pyrrole nitrogens is 1. The van der Waals surface area contributed by atoms with Gasteiger partial charge in [0, 0.05) is 25.0 Å². The van der Waals surface area contributed by atoms with Crippen LogP contribution in [-0.4, -0.2) is 72.3 Å². The number of carbonyl (C=O) groups is 2. The van der Waals surface area contributed by atoms with E-state index >= 15 is 0 Å². The van der Waals surface area contributed by atoms with Gasteiger partial charge in [-0.25, -0.2) is 5.10 Å². The molecule has 0 saturated carbocycles. The minimum Gasteiger partial charge on any atom is -0.379 e. The van der Waals surface area contributed by atoms with Crippen LogP contribution in [0, 0.1) is 0 Å². The monoisotopic (exact) mass is 401 g/mol. The van der Waals surface area contributed by atoms with Crippen molar-refractivity contribution in [3.05, 3.63) is 40.3 Å². The maximum Gasteiger partial charge on any atom is 0.272 e. The second kappa shape index (κ2) is 10.1. The molecule has 2 heterocycles. The summed E-state index contributed by atoms with van der Waals surface area (Å²) in [4.78, 5) is 38.7. The quantitative estimate of drug-likeness (QED) is 0.528. The molecule has 1 saturated heterocycles. The molecule has 1 fully saturated rings. The highest BCUT2D eigenvalue weighted by Crippen LogP contribution is 2.12. The summed E-state index contributed by atoms with van der Waals surface area (Å²) in [6, 6.07) is 6.33. The van der Waals surface area contributed by atoms with Crippen LogP contribution in [0.25, 0.3) is 10.8 Å². The molecule has 1 unspecified atom stereocenters. The molecule has 9 heteroatoms. The van der Waals surface area contributed by atoms with E-state index in [1.54, 1.807) is 31.2 Å². The molecular formula is C20H27N5O4. The van der Waals surface area contributed by atoms with Crippen molar-refractivity contribution in [2.24, 2.45) is 0 Å². The molecule has 1 atom stereocenters. The smallest absolute Gasteiger partial charge is 0.272 e. The van der Waals surface area contributed by atoms with Gasteiger partial charge in [0.25, 0.3) is 5.56 Å². The van der Waals surface area contributed by atoms with Gasteiger partial charge in [0.15, 0.2) is 0 Å². The zero-order chi connectivity index (χ0) is 20.6. The van der Waals surface area contributed by atoms with Crippen molar-refractivity contribution in [3.63, 3.8) is 0 Å². The van der Waals surface area contributed by atoms with Crippen molar-refractivity contribution in [2.75, 3.05) is 39.4 Å². The molecule has 1 aromatic carbocycles.